The molecule has 6 heteroatoms. The van der Waals surface area contributed by atoms with Crippen LogP contribution in [0.4, 0.5) is 5.69 Å². The highest BCUT2D eigenvalue weighted by molar-refractivity contribution is 8.00. The number of aromatic nitrogens is 3. The lowest BCUT2D eigenvalue weighted by Crippen LogP contribution is -2.22. The van der Waals surface area contributed by atoms with Gasteiger partial charge in [0.05, 0.1) is 5.25 Å². The zero-order valence-corrected chi connectivity index (χ0v) is 17.7. The number of carbonyl (C=O) groups excluding carboxylic acids is 1. The predicted molar refractivity (Wildman–Crippen MR) is 118 cm³/mol. The summed E-state index contributed by atoms with van der Waals surface area (Å²) in [5.74, 6) is 1.95. The second-order valence-electron chi connectivity index (χ2n) is 7.55. The molecule has 0 radical (unpaired) electrons. The molecule has 1 aliphatic heterocycles. The van der Waals surface area contributed by atoms with Crippen molar-refractivity contribution in [2.24, 2.45) is 0 Å². The quantitative estimate of drug-likeness (QED) is 0.599. The van der Waals surface area contributed by atoms with Crippen LogP contribution in [0.3, 0.4) is 0 Å². The van der Waals surface area contributed by atoms with E-state index in [1.807, 2.05) is 31.2 Å². The summed E-state index contributed by atoms with van der Waals surface area (Å²) in [4.78, 5) is 13.8. The van der Waals surface area contributed by atoms with Crippen molar-refractivity contribution in [3.8, 4) is 11.4 Å². The van der Waals surface area contributed by atoms with Gasteiger partial charge in [-0.25, -0.2) is 0 Å². The molecule has 29 heavy (non-hydrogen) atoms. The zero-order valence-electron chi connectivity index (χ0n) is 16.9. The summed E-state index contributed by atoms with van der Waals surface area (Å²) in [6.07, 6.45) is 4.54. The Morgan fingerprint density at radius 3 is 2.76 bits per heavy atom. The fraction of sp³-hybridized carbons (Fsp3) is 0.348. The van der Waals surface area contributed by atoms with Crippen LogP contribution in [0, 0.1) is 6.92 Å². The number of hydrogen-bond donors (Lipinski definition) is 1. The van der Waals surface area contributed by atoms with Crippen LogP contribution in [0.2, 0.25) is 0 Å². The van der Waals surface area contributed by atoms with Gasteiger partial charge in [0.2, 0.25) is 5.91 Å². The minimum atomic E-state index is -0.189. The number of aryl methyl sites for hydroxylation is 2. The lowest BCUT2D eigenvalue weighted by Gasteiger charge is -2.13. The Morgan fingerprint density at radius 2 is 1.93 bits per heavy atom. The molecule has 0 unspecified atom stereocenters. The van der Waals surface area contributed by atoms with Crippen LogP contribution in [0.1, 0.15) is 37.6 Å². The molecule has 0 saturated carbocycles. The molecule has 0 spiro atoms. The molecule has 3 aromatic rings. The van der Waals surface area contributed by atoms with E-state index in [1.165, 1.54) is 18.4 Å². The first-order valence-corrected chi connectivity index (χ1v) is 11.0. The minimum absolute atomic E-state index is 0.00667. The topological polar surface area (TPSA) is 59.8 Å². The van der Waals surface area contributed by atoms with Crippen molar-refractivity contribution in [2.45, 2.75) is 56.2 Å². The monoisotopic (exact) mass is 406 g/mol. The van der Waals surface area contributed by atoms with Gasteiger partial charge in [-0.15, -0.1) is 22.0 Å². The summed E-state index contributed by atoms with van der Waals surface area (Å²) in [6.45, 7) is 4.95. The Kier molecular flexibility index (Phi) is 6.00. The van der Waals surface area contributed by atoms with E-state index in [0.717, 1.165) is 47.2 Å². The third-order valence-corrected chi connectivity index (χ3v) is 6.31. The zero-order chi connectivity index (χ0) is 20.2. The summed E-state index contributed by atoms with van der Waals surface area (Å²) in [6, 6.07) is 16.1. The van der Waals surface area contributed by atoms with Gasteiger partial charge in [-0.2, -0.15) is 0 Å². The van der Waals surface area contributed by atoms with Gasteiger partial charge in [0.25, 0.3) is 0 Å². The lowest BCUT2D eigenvalue weighted by molar-refractivity contribution is -0.115. The molecule has 0 aliphatic carbocycles. The fourth-order valence-corrected chi connectivity index (χ4v) is 4.42. The number of amides is 1. The normalized spacial score (nSPS) is 14.7. The second kappa shape index (κ2) is 8.82. The number of rotatable bonds is 5. The Balaban J connectivity index is 1.47. The number of anilines is 1. The molecule has 1 amide bonds. The molecule has 1 aromatic heterocycles. The minimum Gasteiger partial charge on any atom is -0.325 e. The molecule has 0 saturated heterocycles. The Hall–Kier alpha value is -2.60. The molecule has 0 bridgehead atoms. The third kappa shape index (κ3) is 4.70. The summed E-state index contributed by atoms with van der Waals surface area (Å²) in [5, 5.41) is 11.7. The van der Waals surface area contributed by atoms with Crippen molar-refractivity contribution in [1.29, 1.82) is 0 Å². The van der Waals surface area contributed by atoms with E-state index in [4.69, 9.17) is 0 Å². The molecule has 2 heterocycles. The number of benzene rings is 2. The maximum absolute atomic E-state index is 12.7. The highest BCUT2D eigenvalue weighted by Crippen LogP contribution is 2.27. The average molecular weight is 407 g/mol. The number of fused-ring (bicyclic) bond motifs is 1. The maximum Gasteiger partial charge on any atom is 0.237 e. The molecule has 1 N–H and O–H groups in total. The van der Waals surface area contributed by atoms with Gasteiger partial charge in [-0.1, -0.05) is 36.2 Å². The molecule has 2 aromatic carbocycles. The number of hydrogen-bond acceptors (Lipinski definition) is 4. The third-order valence-electron chi connectivity index (χ3n) is 5.20. The molecule has 1 aliphatic rings. The molecule has 0 fully saturated rings. The Morgan fingerprint density at radius 1 is 1.10 bits per heavy atom. The lowest BCUT2D eigenvalue weighted by atomic mass is 10.2. The molecule has 1 atom stereocenters. The van der Waals surface area contributed by atoms with Crippen LogP contribution in [0.25, 0.3) is 11.4 Å². The van der Waals surface area contributed by atoms with E-state index in [1.54, 1.807) is 11.8 Å². The van der Waals surface area contributed by atoms with E-state index < -0.39 is 0 Å². The van der Waals surface area contributed by atoms with Crippen molar-refractivity contribution in [2.75, 3.05) is 5.32 Å². The van der Waals surface area contributed by atoms with Crippen LogP contribution in [-0.4, -0.2) is 25.9 Å². The van der Waals surface area contributed by atoms with E-state index in [-0.39, 0.29) is 11.2 Å². The highest BCUT2D eigenvalue weighted by atomic mass is 32.2. The van der Waals surface area contributed by atoms with Crippen LogP contribution < -0.4 is 5.32 Å². The van der Waals surface area contributed by atoms with Gasteiger partial charge in [0, 0.05) is 29.1 Å². The van der Waals surface area contributed by atoms with Crippen LogP contribution >= 0.6 is 11.8 Å². The van der Waals surface area contributed by atoms with Gasteiger partial charge >= 0.3 is 0 Å². The molecular weight excluding hydrogens is 380 g/mol. The maximum atomic E-state index is 12.7. The van der Waals surface area contributed by atoms with Gasteiger partial charge in [0.1, 0.15) is 5.82 Å². The van der Waals surface area contributed by atoms with Crippen molar-refractivity contribution < 1.29 is 4.79 Å². The van der Waals surface area contributed by atoms with E-state index >= 15 is 0 Å². The van der Waals surface area contributed by atoms with Crippen LogP contribution in [-0.2, 0) is 17.8 Å². The van der Waals surface area contributed by atoms with Gasteiger partial charge in [0.15, 0.2) is 5.82 Å². The molecule has 5 nitrogen and oxygen atoms in total. The summed E-state index contributed by atoms with van der Waals surface area (Å²) in [5.41, 5.74) is 2.99. The van der Waals surface area contributed by atoms with Crippen LogP contribution in [0.15, 0.2) is 53.4 Å². The number of thioether (sulfide) groups is 1. The van der Waals surface area contributed by atoms with Crippen molar-refractivity contribution in [3.63, 3.8) is 0 Å². The summed E-state index contributed by atoms with van der Waals surface area (Å²) < 4.78 is 2.23. The van der Waals surface area contributed by atoms with Gasteiger partial charge < -0.3 is 9.88 Å². The predicted octanol–water partition coefficient (Wildman–Crippen LogP) is 5.10. The Bertz CT molecular complexity index is 996. The van der Waals surface area contributed by atoms with E-state index in [0.29, 0.717) is 0 Å². The number of nitrogens with one attached hydrogen (secondary N) is 1. The Labute approximate surface area is 175 Å². The largest absolute Gasteiger partial charge is 0.325 e. The fourth-order valence-electron chi connectivity index (χ4n) is 3.55. The van der Waals surface area contributed by atoms with Crippen molar-refractivity contribution in [3.05, 3.63) is 59.9 Å². The standard InChI is InChI=1S/C23H26N4OS/c1-16-10-12-20(13-11-16)29-17(2)23(28)24-19-8-6-7-18(15-19)22-26-25-21-9-4-3-5-14-27(21)22/h6-8,10-13,15,17H,3-5,9,14H2,1-2H3,(H,24,28)/t17-/m1/s1. The second-order valence-corrected chi connectivity index (χ2v) is 8.96. The van der Waals surface area contributed by atoms with E-state index in [2.05, 4.69) is 51.3 Å². The first kappa shape index (κ1) is 19.7. The molecule has 4 rings (SSSR count). The van der Waals surface area contributed by atoms with Crippen molar-refractivity contribution >= 4 is 23.4 Å². The summed E-state index contributed by atoms with van der Waals surface area (Å²) in [7, 11) is 0. The van der Waals surface area contributed by atoms with E-state index in [9.17, 15) is 4.79 Å². The smallest absolute Gasteiger partial charge is 0.237 e. The first-order chi connectivity index (χ1) is 14.1. The SMILES string of the molecule is Cc1ccc(S[C@H](C)C(=O)Nc2cccc(-c3nnc4n3CCCCC4)c2)cc1. The number of carbonyl (C=O) groups is 1. The first-order valence-electron chi connectivity index (χ1n) is 10.2. The average Bonchev–Trinajstić information content (AvgIpc) is 2.98. The summed E-state index contributed by atoms with van der Waals surface area (Å²) >= 11 is 1.56. The van der Waals surface area contributed by atoms with Gasteiger partial charge in [-0.3, -0.25) is 4.79 Å². The molecule has 150 valence electrons. The van der Waals surface area contributed by atoms with Gasteiger partial charge in [-0.05, 0) is 51.0 Å². The number of nitrogens with zero attached hydrogens (tertiary/aromatic N) is 3. The van der Waals surface area contributed by atoms with Crippen LogP contribution in [0.5, 0.6) is 0 Å². The highest BCUT2D eigenvalue weighted by Gasteiger charge is 2.18. The van der Waals surface area contributed by atoms with Crippen molar-refractivity contribution in [1.82, 2.24) is 14.8 Å². The molecular formula is C23H26N4OS.